The summed E-state index contributed by atoms with van der Waals surface area (Å²) in [5.41, 5.74) is 3.15. The molecule has 3 aromatic rings. The third kappa shape index (κ3) is 9.18. The molecule has 5 heteroatoms. The van der Waals surface area contributed by atoms with Gasteiger partial charge in [-0.05, 0) is 35.2 Å². The predicted octanol–water partition coefficient (Wildman–Crippen LogP) is 7.12. The van der Waals surface area contributed by atoms with Gasteiger partial charge in [0.2, 0.25) is 0 Å². The summed E-state index contributed by atoms with van der Waals surface area (Å²) >= 11 is 0. The van der Waals surface area contributed by atoms with E-state index in [9.17, 15) is 4.79 Å². The van der Waals surface area contributed by atoms with Crippen molar-refractivity contribution in [1.82, 2.24) is 0 Å². The van der Waals surface area contributed by atoms with Gasteiger partial charge in [0.15, 0.2) is 11.5 Å². The molecule has 0 unspecified atom stereocenters. The first-order valence-corrected chi connectivity index (χ1v) is 12.0. The molecule has 0 atom stereocenters. The second-order valence-electron chi connectivity index (χ2n) is 8.09. The number of carbonyl (C=O) groups excluding carboxylic acids is 1. The van der Waals surface area contributed by atoms with Gasteiger partial charge < -0.3 is 18.9 Å². The van der Waals surface area contributed by atoms with Crippen molar-refractivity contribution in [2.75, 3.05) is 13.2 Å². The molecule has 0 aliphatic heterocycles. The van der Waals surface area contributed by atoms with E-state index in [2.05, 4.69) is 6.92 Å². The van der Waals surface area contributed by atoms with Crippen LogP contribution in [0.2, 0.25) is 0 Å². The van der Waals surface area contributed by atoms with Gasteiger partial charge in [0, 0.05) is 6.42 Å². The first-order valence-electron chi connectivity index (χ1n) is 12.0. The summed E-state index contributed by atoms with van der Waals surface area (Å²) in [5.74, 6) is 1.34. The van der Waals surface area contributed by atoms with Gasteiger partial charge in [0.1, 0.15) is 13.2 Å². The van der Waals surface area contributed by atoms with E-state index >= 15 is 0 Å². The maximum atomic E-state index is 11.8. The van der Waals surface area contributed by atoms with Crippen molar-refractivity contribution in [2.24, 2.45) is 0 Å². The Morgan fingerprint density at radius 2 is 1.26 bits per heavy atom. The Morgan fingerprint density at radius 3 is 1.91 bits per heavy atom. The molecule has 0 amide bonds. The minimum atomic E-state index is -0.611. The summed E-state index contributed by atoms with van der Waals surface area (Å²) in [6.45, 7) is 3.69. The molecule has 180 valence electrons. The summed E-state index contributed by atoms with van der Waals surface area (Å²) in [4.78, 5) is 11.8. The molecule has 0 aliphatic carbocycles. The third-order valence-electron chi connectivity index (χ3n) is 5.31. The van der Waals surface area contributed by atoms with E-state index in [1.165, 1.54) is 0 Å². The van der Waals surface area contributed by atoms with Crippen LogP contribution in [0.5, 0.6) is 11.5 Å². The summed E-state index contributed by atoms with van der Waals surface area (Å²) in [7, 11) is 0. The summed E-state index contributed by atoms with van der Waals surface area (Å²) in [5, 5.41) is 0. The van der Waals surface area contributed by atoms with Crippen LogP contribution in [0.4, 0.5) is 4.79 Å². The monoisotopic (exact) mass is 462 g/mol. The first-order chi connectivity index (χ1) is 16.7. The zero-order valence-electron chi connectivity index (χ0n) is 19.9. The van der Waals surface area contributed by atoms with E-state index < -0.39 is 6.16 Å². The summed E-state index contributed by atoms with van der Waals surface area (Å²) in [6, 6.07) is 25.8. The molecule has 0 saturated heterocycles. The van der Waals surface area contributed by atoms with Gasteiger partial charge in [-0.2, -0.15) is 0 Å². The first kappa shape index (κ1) is 25.2. The average molecular weight is 463 g/mol. The number of unbranched alkanes of at least 4 members (excludes halogenated alkanes) is 3. The van der Waals surface area contributed by atoms with Crippen LogP contribution >= 0.6 is 0 Å². The third-order valence-corrected chi connectivity index (χ3v) is 5.31. The van der Waals surface area contributed by atoms with Crippen molar-refractivity contribution in [3.05, 3.63) is 95.6 Å². The Bertz CT molecular complexity index is 972. The average Bonchev–Trinajstić information content (AvgIpc) is 2.88. The normalized spacial score (nSPS) is 10.5. The van der Waals surface area contributed by atoms with E-state index in [-0.39, 0.29) is 6.61 Å². The standard InChI is InChI=1S/C29H34O5/c1-2-3-4-11-19-31-29(30)32-20-18-24-16-17-27(33-22-25-12-7-5-8-13-25)28(21-24)34-23-26-14-9-6-10-15-26/h5-10,12-17,21H,2-4,11,18-20,22-23H2,1H3. The van der Waals surface area contributed by atoms with Crippen LogP contribution in [0, 0.1) is 0 Å². The summed E-state index contributed by atoms with van der Waals surface area (Å²) < 4.78 is 22.5. The van der Waals surface area contributed by atoms with Crippen LogP contribution in [0.3, 0.4) is 0 Å². The Hall–Kier alpha value is -3.47. The van der Waals surface area contributed by atoms with E-state index in [1.807, 2.05) is 78.9 Å². The van der Waals surface area contributed by atoms with Gasteiger partial charge >= 0.3 is 6.16 Å². The topological polar surface area (TPSA) is 54.0 Å². The molecule has 0 aliphatic rings. The number of carbonyl (C=O) groups is 1. The molecule has 0 radical (unpaired) electrons. The van der Waals surface area contributed by atoms with E-state index in [4.69, 9.17) is 18.9 Å². The second-order valence-corrected chi connectivity index (χ2v) is 8.09. The fraction of sp³-hybridized carbons (Fsp3) is 0.345. The molecule has 0 spiro atoms. The molecular formula is C29H34O5. The van der Waals surface area contributed by atoms with Crippen molar-refractivity contribution < 1.29 is 23.7 Å². The molecular weight excluding hydrogens is 428 g/mol. The Morgan fingerprint density at radius 1 is 0.647 bits per heavy atom. The lowest BCUT2D eigenvalue weighted by atomic mass is 10.1. The second kappa shape index (κ2) is 14.6. The number of hydrogen-bond donors (Lipinski definition) is 0. The molecule has 34 heavy (non-hydrogen) atoms. The largest absolute Gasteiger partial charge is 0.508 e. The smallest absolute Gasteiger partial charge is 0.485 e. The molecule has 3 rings (SSSR count). The van der Waals surface area contributed by atoms with E-state index in [0.29, 0.717) is 37.7 Å². The van der Waals surface area contributed by atoms with Crippen molar-refractivity contribution >= 4 is 6.16 Å². The maximum Gasteiger partial charge on any atom is 0.508 e. The van der Waals surface area contributed by atoms with Crippen molar-refractivity contribution in [3.63, 3.8) is 0 Å². The Kier molecular flexibility index (Phi) is 10.8. The van der Waals surface area contributed by atoms with Crippen LogP contribution in [0.15, 0.2) is 78.9 Å². The van der Waals surface area contributed by atoms with E-state index in [1.54, 1.807) is 0 Å². The van der Waals surface area contributed by atoms with Crippen molar-refractivity contribution in [3.8, 4) is 11.5 Å². The molecule has 0 bridgehead atoms. The highest BCUT2D eigenvalue weighted by atomic mass is 16.7. The molecule has 0 saturated carbocycles. The Balaban J connectivity index is 1.55. The van der Waals surface area contributed by atoms with Crippen LogP contribution in [0.25, 0.3) is 0 Å². The molecule has 5 nitrogen and oxygen atoms in total. The van der Waals surface area contributed by atoms with Crippen molar-refractivity contribution in [1.29, 1.82) is 0 Å². The zero-order chi connectivity index (χ0) is 23.8. The van der Waals surface area contributed by atoms with Crippen molar-refractivity contribution in [2.45, 2.75) is 52.2 Å². The van der Waals surface area contributed by atoms with Crippen LogP contribution in [-0.2, 0) is 29.1 Å². The van der Waals surface area contributed by atoms with Gasteiger partial charge in [-0.1, -0.05) is 92.9 Å². The van der Waals surface area contributed by atoms with Gasteiger partial charge in [-0.3, -0.25) is 0 Å². The molecule has 0 aromatic heterocycles. The number of hydrogen-bond acceptors (Lipinski definition) is 5. The van der Waals surface area contributed by atoms with Crippen LogP contribution in [0.1, 0.15) is 49.3 Å². The van der Waals surface area contributed by atoms with Gasteiger partial charge in [0.05, 0.1) is 13.2 Å². The lowest BCUT2D eigenvalue weighted by molar-refractivity contribution is 0.0549. The Labute approximate surface area is 202 Å². The van der Waals surface area contributed by atoms with Gasteiger partial charge in [-0.25, -0.2) is 4.79 Å². The highest BCUT2D eigenvalue weighted by Crippen LogP contribution is 2.30. The molecule has 0 heterocycles. The SMILES string of the molecule is CCCCCCOC(=O)OCCc1ccc(OCc2ccccc2)c(OCc2ccccc2)c1. The molecule has 0 N–H and O–H groups in total. The quantitative estimate of drug-likeness (QED) is 0.189. The zero-order valence-corrected chi connectivity index (χ0v) is 19.9. The molecule has 3 aromatic carbocycles. The lowest BCUT2D eigenvalue weighted by Crippen LogP contribution is -2.11. The highest BCUT2D eigenvalue weighted by Gasteiger charge is 2.10. The minimum absolute atomic E-state index is 0.246. The van der Waals surface area contributed by atoms with Gasteiger partial charge in [-0.15, -0.1) is 0 Å². The fourth-order valence-corrected chi connectivity index (χ4v) is 3.39. The molecule has 0 fully saturated rings. The highest BCUT2D eigenvalue weighted by molar-refractivity contribution is 5.59. The van der Waals surface area contributed by atoms with E-state index in [0.717, 1.165) is 42.4 Å². The number of benzene rings is 3. The predicted molar refractivity (Wildman–Crippen MR) is 133 cm³/mol. The van der Waals surface area contributed by atoms with Crippen LogP contribution in [-0.4, -0.2) is 19.4 Å². The minimum Gasteiger partial charge on any atom is -0.485 e. The van der Waals surface area contributed by atoms with Crippen LogP contribution < -0.4 is 9.47 Å². The van der Waals surface area contributed by atoms with Gasteiger partial charge in [0.25, 0.3) is 0 Å². The lowest BCUT2D eigenvalue weighted by Gasteiger charge is -2.15. The maximum absolute atomic E-state index is 11.8. The fourth-order valence-electron chi connectivity index (χ4n) is 3.39. The summed E-state index contributed by atoms with van der Waals surface area (Å²) in [6.07, 6.45) is 4.19. The number of ether oxygens (including phenoxy) is 4. The number of rotatable bonds is 14.